The summed E-state index contributed by atoms with van der Waals surface area (Å²) < 4.78 is 52.7. The molecule has 0 atom stereocenters. The minimum Gasteiger partial charge on any atom is -0.493 e. The van der Waals surface area contributed by atoms with Crippen LogP contribution >= 0.6 is 0 Å². The Morgan fingerprint density at radius 2 is 1.84 bits per heavy atom. The van der Waals surface area contributed by atoms with E-state index in [0.717, 1.165) is 0 Å². The van der Waals surface area contributed by atoms with Crippen molar-refractivity contribution < 1.29 is 31.9 Å². The number of ether oxygens (including phenoxy) is 1. The summed E-state index contributed by atoms with van der Waals surface area (Å²) in [5, 5.41) is 0. The van der Waals surface area contributed by atoms with Gasteiger partial charge in [0.1, 0.15) is 11.6 Å². The van der Waals surface area contributed by atoms with Gasteiger partial charge in [-0.05, 0) is 24.3 Å². The normalized spacial score (nSPS) is 11.2. The fourth-order valence-corrected chi connectivity index (χ4v) is 1.04. The van der Waals surface area contributed by atoms with Gasteiger partial charge in [0.25, 0.3) is 0 Å². The number of benzene rings is 1. The van der Waals surface area contributed by atoms with Crippen LogP contribution in [-0.4, -0.2) is 25.3 Å². The summed E-state index contributed by atoms with van der Waals surface area (Å²) in [7, 11) is 0. The first-order valence-corrected chi connectivity index (χ1v) is 5.22. The second-order valence-electron chi connectivity index (χ2n) is 3.48. The predicted octanol–water partition coefficient (Wildman–Crippen LogP) is 2.20. The molecule has 0 radical (unpaired) electrons. The fourth-order valence-electron chi connectivity index (χ4n) is 1.04. The zero-order chi connectivity index (χ0) is 14.3. The molecule has 0 heterocycles. The molecule has 0 bridgehead atoms. The number of carbonyl (C=O) groups excluding carboxylic acids is 1. The molecular formula is C11H11F4NO3. The zero-order valence-corrected chi connectivity index (χ0v) is 9.67. The van der Waals surface area contributed by atoms with E-state index >= 15 is 0 Å². The maximum Gasteiger partial charge on any atom is 0.414 e. The lowest BCUT2D eigenvalue weighted by molar-refractivity contribution is -0.191. The van der Waals surface area contributed by atoms with Crippen molar-refractivity contribution >= 4 is 5.91 Å². The molecule has 0 unspecified atom stereocenters. The average molecular weight is 281 g/mol. The van der Waals surface area contributed by atoms with E-state index in [0.29, 0.717) is 5.75 Å². The lowest BCUT2D eigenvalue weighted by atomic mass is 10.3. The van der Waals surface area contributed by atoms with E-state index in [2.05, 4.69) is 4.84 Å². The van der Waals surface area contributed by atoms with Crippen molar-refractivity contribution in [2.75, 3.05) is 13.2 Å². The van der Waals surface area contributed by atoms with Gasteiger partial charge in [0.2, 0.25) is 5.91 Å². The van der Waals surface area contributed by atoms with E-state index < -0.39 is 24.5 Å². The van der Waals surface area contributed by atoms with E-state index in [4.69, 9.17) is 4.74 Å². The van der Waals surface area contributed by atoms with Gasteiger partial charge in [-0.15, -0.1) is 0 Å². The number of amides is 1. The third-order valence-corrected chi connectivity index (χ3v) is 1.83. The van der Waals surface area contributed by atoms with Crippen molar-refractivity contribution in [2.24, 2.45) is 0 Å². The monoisotopic (exact) mass is 281 g/mol. The number of hydroxylamine groups is 1. The largest absolute Gasteiger partial charge is 0.493 e. The van der Waals surface area contributed by atoms with Crippen LogP contribution < -0.4 is 10.2 Å². The van der Waals surface area contributed by atoms with E-state index in [9.17, 15) is 22.4 Å². The van der Waals surface area contributed by atoms with Gasteiger partial charge >= 0.3 is 6.18 Å². The maximum atomic E-state index is 12.5. The molecule has 0 aliphatic carbocycles. The Hall–Kier alpha value is -1.83. The first kappa shape index (κ1) is 15.2. The number of hydrogen-bond donors (Lipinski definition) is 1. The molecule has 0 aromatic heterocycles. The zero-order valence-electron chi connectivity index (χ0n) is 9.67. The lowest BCUT2D eigenvalue weighted by Gasteiger charge is -2.09. The molecule has 0 saturated carbocycles. The van der Waals surface area contributed by atoms with Crippen LogP contribution in [0.2, 0.25) is 0 Å². The Balaban J connectivity index is 2.15. The van der Waals surface area contributed by atoms with Gasteiger partial charge in [-0.25, -0.2) is 9.87 Å². The quantitative estimate of drug-likeness (QED) is 0.642. The fraction of sp³-hybridized carbons (Fsp3) is 0.364. The molecule has 0 saturated heterocycles. The molecule has 1 N–H and O–H groups in total. The van der Waals surface area contributed by atoms with Crippen LogP contribution in [-0.2, 0) is 9.63 Å². The maximum absolute atomic E-state index is 12.5. The first-order chi connectivity index (χ1) is 8.87. The van der Waals surface area contributed by atoms with Gasteiger partial charge in [-0.3, -0.25) is 9.63 Å². The number of halogens is 4. The topological polar surface area (TPSA) is 47.6 Å². The molecule has 8 heteroatoms. The molecule has 1 amide bonds. The summed E-state index contributed by atoms with van der Waals surface area (Å²) in [6.45, 7) is -1.62. The van der Waals surface area contributed by atoms with Crippen LogP contribution in [0.1, 0.15) is 6.42 Å². The second kappa shape index (κ2) is 6.93. The molecule has 0 spiro atoms. The highest BCUT2D eigenvalue weighted by atomic mass is 19.4. The van der Waals surface area contributed by atoms with Crippen molar-refractivity contribution in [1.82, 2.24) is 5.48 Å². The Morgan fingerprint density at radius 3 is 2.42 bits per heavy atom. The lowest BCUT2D eigenvalue weighted by Crippen LogP contribution is -2.30. The van der Waals surface area contributed by atoms with Crippen LogP contribution in [0.4, 0.5) is 17.6 Å². The number of hydrogen-bond acceptors (Lipinski definition) is 3. The second-order valence-corrected chi connectivity index (χ2v) is 3.48. The summed E-state index contributed by atoms with van der Waals surface area (Å²) in [4.78, 5) is 15.0. The van der Waals surface area contributed by atoms with E-state index in [-0.39, 0.29) is 13.0 Å². The van der Waals surface area contributed by atoms with Crippen molar-refractivity contribution in [3.05, 3.63) is 30.1 Å². The molecule has 0 fully saturated rings. The summed E-state index contributed by atoms with van der Waals surface area (Å²) in [5.41, 5.74) is 1.64. The standard InChI is InChI=1S/C11H11F4NO3/c12-8-1-3-9(4-2-8)18-6-5-10(17)16-19-7-11(13,14)15/h1-4H,5-7H2,(H,16,17). The average Bonchev–Trinajstić information content (AvgIpc) is 2.30. The molecule has 4 nitrogen and oxygen atoms in total. The third kappa shape index (κ3) is 7.24. The van der Waals surface area contributed by atoms with Gasteiger partial charge in [-0.1, -0.05) is 0 Å². The number of carbonyl (C=O) groups is 1. The molecule has 0 aliphatic rings. The summed E-state index contributed by atoms with van der Waals surface area (Å²) in [6, 6.07) is 5.10. The Bertz CT molecular complexity index is 405. The van der Waals surface area contributed by atoms with Crippen LogP contribution in [0.25, 0.3) is 0 Å². The minimum atomic E-state index is -4.50. The van der Waals surface area contributed by atoms with Gasteiger partial charge in [0.15, 0.2) is 6.61 Å². The first-order valence-electron chi connectivity index (χ1n) is 5.22. The Morgan fingerprint density at radius 1 is 1.21 bits per heavy atom. The van der Waals surface area contributed by atoms with Crippen LogP contribution in [0.3, 0.4) is 0 Å². The molecule has 106 valence electrons. The number of nitrogens with one attached hydrogen (secondary N) is 1. The highest BCUT2D eigenvalue weighted by molar-refractivity contribution is 5.74. The summed E-state index contributed by atoms with van der Waals surface area (Å²) in [5.74, 6) is -0.817. The minimum absolute atomic E-state index is 0.0627. The van der Waals surface area contributed by atoms with Gasteiger partial charge < -0.3 is 4.74 Å². The van der Waals surface area contributed by atoms with Crippen LogP contribution in [0.15, 0.2) is 24.3 Å². The van der Waals surface area contributed by atoms with Gasteiger partial charge in [0.05, 0.1) is 13.0 Å². The third-order valence-electron chi connectivity index (χ3n) is 1.83. The molecule has 1 aromatic carbocycles. The summed E-state index contributed by atoms with van der Waals surface area (Å²) in [6.07, 6.45) is -4.69. The molecular weight excluding hydrogens is 270 g/mol. The Kier molecular flexibility index (Phi) is 5.56. The van der Waals surface area contributed by atoms with Crippen molar-refractivity contribution in [1.29, 1.82) is 0 Å². The Labute approximate surface area is 106 Å². The molecule has 1 aromatic rings. The summed E-state index contributed by atoms with van der Waals surface area (Å²) >= 11 is 0. The van der Waals surface area contributed by atoms with Gasteiger partial charge in [0, 0.05) is 0 Å². The highest BCUT2D eigenvalue weighted by Crippen LogP contribution is 2.13. The SMILES string of the molecule is O=C(CCOc1ccc(F)cc1)NOCC(F)(F)F. The molecule has 1 rings (SSSR count). The van der Waals surface area contributed by atoms with Crippen molar-refractivity contribution in [2.45, 2.75) is 12.6 Å². The van der Waals surface area contributed by atoms with E-state index in [1.54, 1.807) is 5.48 Å². The van der Waals surface area contributed by atoms with Crippen molar-refractivity contribution in [3.63, 3.8) is 0 Å². The smallest absolute Gasteiger partial charge is 0.414 e. The van der Waals surface area contributed by atoms with Crippen LogP contribution in [0, 0.1) is 5.82 Å². The van der Waals surface area contributed by atoms with E-state index in [1.165, 1.54) is 24.3 Å². The van der Waals surface area contributed by atoms with E-state index in [1.807, 2.05) is 0 Å². The highest BCUT2D eigenvalue weighted by Gasteiger charge is 2.28. The molecule has 19 heavy (non-hydrogen) atoms. The van der Waals surface area contributed by atoms with Crippen molar-refractivity contribution in [3.8, 4) is 5.75 Å². The van der Waals surface area contributed by atoms with Crippen LogP contribution in [0.5, 0.6) is 5.75 Å². The molecule has 0 aliphatic heterocycles. The number of rotatable bonds is 6. The predicted molar refractivity (Wildman–Crippen MR) is 56.7 cm³/mol. The number of alkyl halides is 3. The van der Waals surface area contributed by atoms with Gasteiger partial charge in [-0.2, -0.15) is 13.2 Å².